The summed E-state index contributed by atoms with van der Waals surface area (Å²) in [7, 11) is 1.79. The lowest BCUT2D eigenvalue weighted by Crippen LogP contribution is -2.25. The van der Waals surface area contributed by atoms with Crippen LogP contribution in [-0.4, -0.2) is 45.5 Å². The van der Waals surface area contributed by atoms with Crippen molar-refractivity contribution in [3.63, 3.8) is 0 Å². The minimum absolute atomic E-state index is 0.101. The van der Waals surface area contributed by atoms with Crippen LogP contribution in [0.5, 0.6) is 0 Å². The monoisotopic (exact) mass is 525 g/mol. The van der Waals surface area contributed by atoms with Gasteiger partial charge in [-0.15, -0.1) is 0 Å². The summed E-state index contributed by atoms with van der Waals surface area (Å²) >= 11 is 0. The van der Waals surface area contributed by atoms with E-state index in [1.807, 2.05) is 19.9 Å². The standard InChI is InChI=1S/C16H16O.C7H15NO.C4H10.C3H4N2O.C2H6/c1-12-3-5-15(6-4-12)16-8-7-14(9-10-17)13(2)11-16;1-9-7-4-2-3-5-8-6-7;1-3-4-2;4-1-2-5-3-6;1-2/h3-8,10-11H,9H2,1-2H3;7-8H,2-6H2,1H3;3-4H2,1-2H3;3H,2H2,(H,5,6);1-2H3. The SMILES string of the molecule is CC.CCCC.COC1CCCCNC1.Cc1ccc(-c2ccc(CC=O)c(C)c2)cc1.N#CCNC=O. The number of unbranched alkanes of at least 4 members (excludes halogenated alkanes) is 1. The first kappa shape index (κ1) is 37.1. The molecule has 1 amide bonds. The van der Waals surface area contributed by atoms with Gasteiger partial charge in [-0.25, -0.2) is 0 Å². The van der Waals surface area contributed by atoms with Crippen LogP contribution in [0.3, 0.4) is 0 Å². The van der Waals surface area contributed by atoms with E-state index in [4.69, 9.17) is 10.00 Å². The quantitative estimate of drug-likeness (QED) is 0.242. The fraction of sp³-hybridized carbons (Fsp3) is 0.531. The molecule has 0 aliphatic carbocycles. The molecule has 6 heteroatoms. The number of nitrogens with one attached hydrogen (secondary N) is 2. The van der Waals surface area contributed by atoms with Crippen molar-refractivity contribution in [1.82, 2.24) is 10.6 Å². The highest BCUT2D eigenvalue weighted by molar-refractivity contribution is 5.66. The molecule has 0 aromatic heterocycles. The van der Waals surface area contributed by atoms with Crippen LogP contribution in [0.4, 0.5) is 0 Å². The summed E-state index contributed by atoms with van der Waals surface area (Å²) in [6.45, 7) is 14.8. The van der Waals surface area contributed by atoms with Crippen molar-refractivity contribution in [3.05, 3.63) is 59.2 Å². The van der Waals surface area contributed by atoms with Gasteiger partial charge < -0.3 is 20.2 Å². The number of aryl methyl sites for hydroxylation is 2. The molecule has 1 unspecified atom stereocenters. The second kappa shape index (κ2) is 27.0. The molecule has 0 bridgehead atoms. The van der Waals surface area contributed by atoms with Crippen molar-refractivity contribution in [3.8, 4) is 17.2 Å². The Balaban J connectivity index is 0. The predicted octanol–water partition coefficient (Wildman–Crippen LogP) is 6.58. The number of amides is 1. The molecule has 1 fully saturated rings. The molecule has 0 radical (unpaired) electrons. The molecular formula is C32H51N3O3. The van der Waals surface area contributed by atoms with Crippen molar-refractivity contribution >= 4 is 12.7 Å². The number of hydrogen-bond donors (Lipinski definition) is 2. The zero-order valence-corrected chi connectivity index (χ0v) is 24.8. The van der Waals surface area contributed by atoms with E-state index >= 15 is 0 Å². The number of carbonyl (C=O) groups excluding carboxylic acids is 2. The average Bonchev–Trinajstić information content (AvgIpc) is 3.25. The normalized spacial score (nSPS) is 13.5. The highest BCUT2D eigenvalue weighted by Gasteiger charge is 2.08. The summed E-state index contributed by atoms with van der Waals surface area (Å²) < 4.78 is 5.21. The molecule has 38 heavy (non-hydrogen) atoms. The van der Waals surface area contributed by atoms with Gasteiger partial charge >= 0.3 is 0 Å². The highest BCUT2D eigenvalue weighted by Crippen LogP contribution is 2.22. The van der Waals surface area contributed by atoms with Gasteiger partial charge in [0.15, 0.2) is 0 Å². The highest BCUT2D eigenvalue weighted by atomic mass is 16.5. The number of hydrogen-bond acceptors (Lipinski definition) is 5. The summed E-state index contributed by atoms with van der Waals surface area (Å²) in [6, 6.07) is 16.5. The molecular weight excluding hydrogens is 474 g/mol. The minimum Gasteiger partial charge on any atom is -0.380 e. The Morgan fingerprint density at radius 1 is 1.03 bits per heavy atom. The third-order valence-electron chi connectivity index (χ3n) is 5.63. The summed E-state index contributed by atoms with van der Waals surface area (Å²) in [4.78, 5) is 19.8. The lowest BCUT2D eigenvalue weighted by Gasteiger charge is -2.10. The van der Waals surface area contributed by atoms with E-state index in [1.165, 1.54) is 60.9 Å². The zero-order valence-electron chi connectivity index (χ0n) is 24.8. The van der Waals surface area contributed by atoms with Crippen LogP contribution in [0.1, 0.15) is 76.5 Å². The van der Waals surface area contributed by atoms with Gasteiger partial charge in [0.1, 0.15) is 12.8 Å². The van der Waals surface area contributed by atoms with Gasteiger partial charge in [-0.05, 0) is 61.9 Å². The van der Waals surface area contributed by atoms with E-state index in [0.717, 1.165) is 18.4 Å². The van der Waals surface area contributed by atoms with E-state index < -0.39 is 0 Å². The Bertz CT molecular complexity index is 867. The average molecular weight is 526 g/mol. The van der Waals surface area contributed by atoms with Gasteiger partial charge in [-0.2, -0.15) is 5.26 Å². The Labute approximate surface area is 232 Å². The number of ether oxygens (including phenoxy) is 1. The number of nitrogens with zero attached hydrogens (tertiary/aromatic N) is 1. The minimum atomic E-state index is 0.101. The summed E-state index contributed by atoms with van der Waals surface area (Å²) in [5, 5.41) is 13.2. The maximum absolute atomic E-state index is 10.5. The Hall–Kier alpha value is -3.01. The van der Waals surface area contributed by atoms with Crippen molar-refractivity contribution in [2.75, 3.05) is 26.7 Å². The van der Waals surface area contributed by atoms with Crippen molar-refractivity contribution in [2.45, 2.75) is 86.2 Å². The molecule has 1 heterocycles. The summed E-state index contributed by atoms with van der Waals surface area (Å²) in [5.74, 6) is 0. The zero-order chi connectivity index (χ0) is 29.0. The molecule has 1 aliphatic rings. The van der Waals surface area contributed by atoms with Crippen LogP contribution in [0, 0.1) is 25.2 Å². The molecule has 0 spiro atoms. The van der Waals surface area contributed by atoms with Gasteiger partial charge in [0.05, 0.1) is 12.2 Å². The largest absolute Gasteiger partial charge is 0.380 e. The van der Waals surface area contributed by atoms with Gasteiger partial charge in [0.25, 0.3) is 0 Å². The molecule has 212 valence electrons. The lowest BCUT2D eigenvalue weighted by atomic mass is 9.98. The Morgan fingerprint density at radius 2 is 1.66 bits per heavy atom. The number of methoxy groups -OCH3 is 1. The van der Waals surface area contributed by atoms with E-state index in [9.17, 15) is 9.59 Å². The second-order valence-corrected chi connectivity index (χ2v) is 8.59. The van der Waals surface area contributed by atoms with Crippen LogP contribution in [0.2, 0.25) is 0 Å². The molecule has 0 saturated carbocycles. The van der Waals surface area contributed by atoms with Gasteiger partial charge in [-0.3, -0.25) is 4.79 Å². The van der Waals surface area contributed by atoms with Crippen LogP contribution < -0.4 is 10.6 Å². The topological polar surface area (TPSA) is 91.2 Å². The maximum atomic E-state index is 10.5. The Morgan fingerprint density at radius 3 is 2.13 bits per heavy atom. The summed E-state index contributed by atoms with van der Waals surface area (Å²) in [5.41, 5.74) is 5.97. The van der Waals surface area contributed by atoms with E-state index in [0.29, 0.717) is 18.9 Å². The van der Waals surface area contributed by atoms with E-state index in [1.54, 1.807) is 13.2 Å². The van der Waals surface area contributed by atoms with Gasteiger partial charge in [0.2, 0.25) is 6.41 Å². The number of benzene rings is 2. The number of nitriles is 1. The van der Waals surface area contributed by atoms with Crippen molar-refractivity contribution in [1.29, 1.82) is 5.26 Å². The molecule has 2 aromatic rings. The molecule has 2 N–H and O–H groups in total. The van der Waals surface area contributed by atoms with Crippen LogP contribution >= 0.6 is 0 Å². The Kier molecular flexibility index (Phi) is 26.4. The smallest absolute Gasteiger partial charge is 0.207 e. The third kappa shape index (κ3) is 19.1. The summed E-state index contributed by atoms with van der Waals surface area (Å²) in [6.07, 6.45) is 8.89. The van der Waals surface area contributed by atoms with Crippen molar-refractivity contribution in [2.24, 2.45) is 0 Å². The van der Waals surface area contributed by atoms with Crippen LogP contribution in [0.25, 0.3) is 11.1 Å². The second-order valence-electron chi connectivity index (χ2n) is 8.59. The molecule has 2 aromatic carbocycles. The van der Waals surface area contributed by atoms with Crippen LogP contribution in [0.15, 0.2) is 42.5 Å². The molecule has 6 nitrogen and oxygen atoms in total. The predicted molar refractivity (Wildman–Crippen MR) is 160 cm³/mol. The molecule has 1 aliphatic heterocycles. The number of rotatable bonds is 7. The first-order chi connectivity index (χ1) is 18.5. The molecule has 3 rings (SSSR count). The molecule has 1 saturated heterocycles. The fourth-order valence-corrected chi connectivity index (χ4v) is 3.22. The fourth-order valence-electron chi connectivity index (χ4n) is 3.22. The van der Waals surface area contributed by atoms with Crippen LogP contribution in [-0.2, 0) is 20.7 Å². The number of aldehydes is 1. The molecule has 1 atom stereocenters. The first-order valence-corrected chi connectivity index (χ1v) is 13.8. The maximum Gasteiger partial charge on any atom is 0.207 e. The van der Waals surface area contributed by atoms with Crippen molar-refractivity contribution < 1.29 is 14.3 Å². The lowest BCUT2D eigenvalue weighted by molar-refractivity contribution is -0.109. The van der Waals surface area contributed by atoms with Gasteiger partial charge in [-0.1, -0.05) is 88.6 Å². The first-order valence-electron chi connectivity index (χ1n) is 13.8. The third-order valence-corrected chi connectivity index (χ3v) is 5.63. The number of carbonyl (C=O) groups is 2. The van der Waals surface area contributed by atoms with E-state index in [2.05, 4.69) is 74.7 Å². The van der Waals surface area contributed by atoms with E-state index in [-0.39, 0.29) is 6.54 Å². The van der Waals surface area contributed by atoms with Gasteiger partial charge in [0, 0.05) is 20.1 Å².